The van der Waals surface area contributed by atoms with E-state index in [9.17, 15) is 32.8 Å². The second kappa shape index (κ2) is 13.6. The maximum atomic E-state index is 15.1. The smallest absolute Gasteiger partial charge is 0.410 e. The van der Waals surface area contributed by atoms with E-state index in [1.165, 1.54) is 30.5 Å². The molecule has 11 nitrogen and oxygen atoms in total. The van der Waals surface area contributed by atoms with Crippen molar-refractivity contribution in [3.63, 3.8) is 0 Å². The van der Waals surface area contributed by atoms with Gasteiger partial charge in [0.05, 0.1) is 18.2 Å². The van der Waals surface area contributed by atoms with Crippen molar-refractivity contribution in [3.05, 3.63) is 89.4 Å². The molecule has 1 aromatic heterocycles. The zero-order valence-corrected chi connectivity index (χ0v) is 27.3. The number of pyridine rings is 1. The number of ether oxygens (including phenoxy) is 1. The normalized spacial score (nSPS) is 18.2. The maximum absolute atomic E-state index is 15.1. The van der Waals surface area contributed by atoms with Gasteiger partial charge in [-0.05, 0) is 69.2 Å². The third-order valence-corrected chi connectivity index (χ3v) is 8.11. The molecule has 2 fully saturated rings. The number of hydrogen-bond acceptors (Lipinski definition) is 7. The molecular weight excluding hydrogens is 641 g/mol. The number of carbonyl (C=O) groups is 4. The molecule has 2 aromatic carbocycles. The third kappa shape index (κ3) is 7.83. The Labute approximate surface area is 281 Å². The fourth-order valence-corrected chi connectivity index (χ4v) is 5.85. The molecule has 3 aromatic rings. The molecule has 1 aliphatic heterocycles. The van der Waals surface area contributed by atoms with Gasteiger partial charge in [0.25, 0.3) is 11.8 Å². The highest BCUT2D eigenvalue weighted by atomic mass is 19.3. The summed E-state index contributed by atoms with van der Waals surface area (Å²) in [5.74, 6) is -6.24. The number of nitrogens with zero attached hydrogens (tertiary/aromatic N) is 5. The average molecular weight is 677 g/mol. The minimum Gasteiger partial charge on any atom is -0.444 e. The molecule has 2 atom stereocenters. The number of anilines is 2. The molecule has 2 aliphatic rings. The number of hydrogen-bond donors (Lipinski definition) is 1. The van der Waals surface area contributed by atoms with Gasteiger partial charge in [0.1, 0.15) is 35.9 Å². The van der Waals surface area contributed by atoms with Gasteiger partial charge >= 0.3 is 6.09 Å². The first-order chi connectivity index (χ1) is 23.1. The van der Waals surface area contributed by atoms with Crippen molar-refractivity contribution in [2.75, 3.05) is 22.9 Å². The average Bonchev–Trinajstić information content (AvgIpc) is 3.01. The van der Waals surface area contributed by atoms with Gasteiger partial charge in [0, 0.05) is 30.8 Å². The van der Waals surface area contributed by atoms with Gasteiger partial charge in [-0.3, -0.25) is 29.1 Å². The summed E-state index contributed by atoms with van der Waals surface area (Å²) in [5, 5.41) is 12.2. The van der Waals surface area contributed by atoms with Crippen molar-refractivity contribution in [1.29, 1.82) is 5.26 Å². The van der Waals surface area contributed by atoms with E-state index in [2.05, 4.69) is 10.3 Å². The number of nitrogens with one attached hydrogen (secondary N) is 1. The Morgan fingerprint density at radius 2 is 1.82 bits per heavy atom. The number of rotatable bonds is 7. The molecule has 256 valence electrons. The Morgan fingerprint density at radius 3 is 2.45 bits per heavy atom. The largest absolute Gasteiger partial charge is 0.444 e. The number of aromatic nitrogens is 1. The summed E-state index contributed by atoms with van der Waals surface area (Å²) in [4.78, 5) is 63.7. The molecule has 2 heterocycles. The lowest BCUT2D eigenvalue weighted by Gasteiger charge is -2.43. The van der Waals surface area contributed by atoms with E-state index in [4.69, 9.17) is 4.74 Å². The van der Waals surface area contributed by atoms with Crippen molar-refractivity contribution in [2.45, 2.75) is 70.2 Å². The number of aryl methyl sites for hydroxylation is 1. The van der Waals surface area contributed by atoms with Gasteiger partial charge in [-0.25, -0.2) is 22.9 Å². The van der Waals surface area contributed by atoms with E-state index in [0.29, 0.717) is 11.1 Å². The van der Waals surface area contributed by atoms with Gasteiger partial charge < -0.3 is 10.1 Å². The van der Waals surface area contributed by atoms with Crippen LogP contribution in [0.15, 0.2) is 66.9 Å². The Hall–Kier alpha value is -5.45. The zero-order chi connectivity index (χ0) is 35.7. The number of nitriles is 1. The predicted octanol–water partition coefficient (Wildman–Crippen LogP) is 5.04. The molecule has 0 radical (unpaired) electrons. The molecule has 49 heavy (non-hydrogen) atoms. The number of benzene rings is 2. The van der Waals surface area contributed by atoms with Gasteiger partial charge in [0.15, 0.2) is 0 Å². The molecule has 1 saturated heterocycles. The van der Waals surface area contributed by atoms with E-state index in [-0.39, 0.29) is 17.1 Å². The van der Waals surface area contributed by atoms with Crippen LogP contribution in [0.4, 0.5) is 29.5 Å². The molecule has 1 aliphatic carbocycles. The van der Waals surface area contributed by atoms with Crippen molar-refractivity contribution in [3.8, 4) is 6.07 Å². The maximum Gasteiger partial charge on any atom is 0.410 e. The second-order valence-electron chi connectivity index (χ2n) is 13.1. The van der Waals surface area contributed by atoms with E-state index >= 15 is 4.79 Å². The van der Waals surface area contributed by atoms with Crippen molar-refractivity contribution in [1.82, 2.24) is 15.2 Å². The van der Waals surface area contributed by atoms with E-state index in [1.54, 1.807) is 52.0 Å². The second-order valence-corrected chi connectivity index (χ2v) is 13.1. The quantitative estimate of drug-likeness (QED) is 0.370. The van der Waals surface area contributed by atoms with Crippen LogP contribution in [0, 0.1) is 24.1 Å². The zero-order valence-electron chi connectivity index (χ0n) is 27.3. The first-order valence-electron chi connectivity index (χ1n) is 15.6. The van der Waals surface area contributed by atoms with Crippen LogP contribution < -0.4 is 15.1 Å². The molecular formula is C35H35F3N6O5. The minimum atomic E-state index is -2.95. The third-order valence-electron chi connectivity index (χ3n) is 8.11. The first-order valence-corrected chi connectivity index (χ1v) is 15.6. The molecule has 14 heteroatoms. The molecule has 5 rings (SSSR count). The summed E-state index contributed by atoms with van der Waals surface area (Å²) >= 11 is 0. The molecule has 1 unspecified atom stereocenters. The van der Waals surface area contributed by atoms with Gasteiger partial charge in [0.2, 0.25) is 11.8 Å². The van der Waals surface area contributed by atoms with Crippen LogP contribution >= 0.6 is 0 Å². The van der Waals surface area contributed by atoms with E-state index < -0.39 is 85.2 Å². The molecule has 4 amide bonds. The highest BCUT2D eigenvalue weighted by Gasteiger charge is 2.49. The monoisotopic (exact) mass is 676 g/mol. The molecule has 0 spiro atoms. The summed E-state index contributed by atoms with van der Waals surface area (Å²) in [5.41, 5.74) is -0.0145. The highest BCUT2D eigenvalue weighted by Crippen LogP contribution is 2.39. The number of amides is 4. The number of alkyl halides is 2. The van der Waals surface area contributed by atoms with Crippen LogP contribution in [0.5, 0.6) is 0 Å². The fourth-order valence-electron chi connectivity index (χ4n) is 5.85. The summed E-state index contributed by atoms with van der Waals surface area (Å²) in [6.45, 7) is 5.67. The minimum absolute atomic E-state index is 0.0703. The Balaban J connectivity index is 1.66. The lowest BCUT2D eigenvalue weighted by molar-refractivity contribution is -0.133. The van der Waals surface area contributed by atoms with Crippen LogP contribution in [0.1, 0.15) is 56.3 Å². The number of piperazine rings is 1. The van der Waals surface area contributed by atoms with Crippen LogP contribution in [-0.2, 0) is 19.1 Å². The van der Waals surface area contributed by atoms with Crippen LogP contribution in [0.3, 0.4) is 0 Å². The standard InChI is InChI=1S/C35H35F3N6O5/c1-21-8-5-6-11-26(21)30(31(46)41-24-16-35(37,38)17-24)43(25-10-7-9-23(36)15-25)32(47)27-19-42(33(48)49-34(2,3)4)20-29(45)44(27)28-14-22(18-39)12-13-40-28/h5-15,24,27,30H,16-17,19-20H2,1-4H3,(H,41,46)/t27-,30?/m0/s1. The van der Waals surface area contributed by atoms with Crippen LogP contribution in [0.25, 0.3) is 0 Å². The summed E-state index contributed by atoms with van der Waals surface area (Å²) in [6, 6.07) is 12.2. The lowest BCUT2D eigenvalue weighted by atomic mass is 9.87. The van der Waals surface area contributed by atoms with Crippen molar-refractivity contribution >= 4 is 35.3 Å². The Bertz CT molecular complexity index is 1820. The predicted molar refractivity (Wildman–Crippen MR) is 172 cm³/mol. The highest BCUT2D eigenvalue weighted by molar-refractivity contribution is 6.10. The van der Waals surface area contributed by atoms with Crippen LogP contribution in [0.2, 0.25) is 0 Å². The molecule has 1 saturated carbocycles. The SMILES string of the molecule is Cc1ccccc1C(C(=O)NC1CC(F)(F)C1)N(C(=O)[C@@H]1CN(C(=O)OC(C)(C)C)CC(=O)N1c1cc(C#N)ccn1)c1cccc(F)c1. The van der Waals surface area contributed by atoms with Crippen molar-refractivity contribution in [2.24, 2.45) is 0 Å². The fraction of sp³-hybridized carbons (Fsp3) is 0.371. The van der Waals surface area contributed by atoms with Gasteiger partial charge in [-0.15, -0.1) is 0 Å². The van der Waals surface area contributed by atoms with Crippen molar-refractivity contribution < 1.29 is 37.1 Å². The van der Waals surface area contributed by atoms with Gasteiger partial charge in [-0.1, -0.05) is 30.3 Å². The first kappa shape index (κ1) is 34.9. The number of halogens is 3. The Kier molecular flexibility index (Phi) is 9.66. The van der Waals surface area contributed by atoms with E-state index in [0.717, 1.165) is 26.8 Å². The Morgan fingerprint density at radius 1 is 1.10 bits per heavy atom. The van der Waals surface area contributed by atoms with Crippen LogP contribution in [-0.4, -0.2) is 70.4 Å². The summed E-state index contributed by atoms with van der Waals surface area (Å²) < 4.78 is 48.0. The van der Waals surface area contributed by atoms with E-state index in [1.807, 2.05) is 6.07 Å². The van der Waals surface area contributed by atoms with Gasteiger partial charge in [-0.2, -0.15) is 5.26 Å². The summed E-state index contributed by atoms with van der Waals surface area (Å²) in [7, 11) is 0. The molecule has 0 bridgehead atoms. The molecule has 1 N–H and O–H groups in total. The number of carbonyl (C=O) groups excluding carboxylic acids is 4. The lowest BCUT2D eigenvalue weighted by Crippen LogP contribution is -2.65. The topological polar surface area (TPSA) is 136 Å². The summed E-state index contributed by atoms with van der Waals surface area (Å²) in [6.07, 6.45) is -0.785.